The lowest BCUT2D eigenvalue weighted by molar-refractivity contribution is 0.00578. The van der Waals surface area contributed by atoms with Crippen molar-refractivity contribution in [2.75, 3.05) is 0 Å². The molecule has 2 aromatic rings. The van der Waals surface area contributed by atoms with Crippen LogP contribution in [0, 0.1) is 13.8 Å². The number of furan rings is 1. The van der Waals surface area contributed by atoms with E-state index in [2.05, 4.69) is 11.6 Å². The molecule has 142 valence electrons. The molecule has 3 rings (SSSR count). The second-order valence-electron chi connectivity index (χ2n) is 7.72. The Labute approximate surface area is 161 Å². The monoisotopic (exact) mass is 367 g/mol. The minimum Gasteiger partial charge on any atom is -0.469 e. The Morgan fingerprint density at radius 3 is 2.30 bits per heavy atom. The molecule has 1 aliphatic heterocycles. The Morgan fingerprint density at radius 1 is 1.11 bits per heavy atom. The molecule has 2 heterocycles. The smallest absolute Gasteiger partial charge is 0.469 e. The van der Waals surface area contributed by atoms with Crippen molar-refractivity contribution in [3.05, 3.63) is 60.2 Å². The maximum atomic E-state index is 6.15. The van der Waals surface area contributed by atoms with Crippen LogP contribution in [0.5, 0.6) is 5.75 Å². The van der Waals surface area contributed by atoms with Crippen LogP contribution in [-0.4, -0.2) is 24.2 Å². The molecule has 0 amide bonds. The Hall–Kier alpha value is -2.31. The van der Waals surface area contributed by atoms with Crippen LogP contribution in [0.3, 0.4) is 0 Å². The quantitative estimate of drug-likeness (QED) is 0.463. The molecule has 0 radical (unpaired) electrons. The van der Waals surface area contributed by atoms with Gasteiger partial charge in [0.2, 0.25) is 5.90 Å². The zero-order valence-electron chi connectivity index (χ0n) is 16.8. The topological polar surface area (TPSA) is 53.2 Å². The molecule has 0 saturated carbocycles. The summed E-state index contributed by atoms with van der Waals surface area (Å²) in [6.45, 7) is 15.7. The molecule has 1 saturated heterocycles. The van der Waals surface area contributed by atoms with E-state index in [-0.39, 0.29) is 11.2 Å². The average molecular weight is 367 g/mol. The summed E-state index contributed by atoms with van der Waals surface area (Å²) in [6, 6.07) is 7.64. The lowest BCUT2D eigenvalue weighted by Crippen LogP contribution is -2.41. The van der Waals surface area contributed by atoms with Gasteiger partial charge in [0.1, 0.15) is 11.5 Å². The fourth-order valence-corrected chi connectivity index (χ4v) is 2.90. The standard InChI is InChI=1S/C21H26BNO4/c1-8-23-19(17-11-12-24-15(17)3)25-16-9-10-18(14(2)13-16)22-26-20(4,5)21(6,7)27-22/h8-13H,1H2,2-7H3. The van der Waals surface area contributed by atoms with Gasteiger partial charge in [0.05, 0.1) is 23.0 Å². The number of benzene rings is 1. The molecule has 0 unspecified atom stereocenters. The van der Waals surface area contributed by atoms with Crippen LogP contribution in [-0.2, 0) is 9.31 Å². The first-order valence-electron chi connectivity index (χ1n) is 9.02. The highest BCUT2D eigenvalue weighted by Crippen LogP contribution is 2.36. The van der Waals surface area contributed by atoms with Gasteiger partial charge in [-0.25, -0.2) is 4.99 Å². The number of hydrogen-bond donors (Lipinski definition) is 0. The highest BCUT2D eigenvalue weighted by Gasteiger charge is 2.52. The SMILES string of the molecule is C=CN=C(Oc1ccc(B2OC(C)(C)C(C)(C)O2)c(C)c1)c1ccoc1C. The predicted molar refractivity (Wildman–Crippen MR) is 108 cm³/mol. The molecule has 1 aliphatic rings. The van der Waals surface area contributed by atoms with Crippen molar-refractivity contribution < 1.29 is 18.5 Å². The van der Waals surface area contributed by atoms with Crippen LogP contribution in [0.4, 0.5) is 0 Å². The fourth-order valence-electron chi connectivity index (χ4n) is 2.90. The minimum absolute atomic E-state index is 0.373. The first-order chi connectivity index (χ1) is 12.6. The molecule has 0 atom stereocenters. The van der Waals surface area contributed by atoms with E-state index in [1.54, 1.807) is 6.26 Å². The fraction of sp³-hybridized carbons (Fsp3) is 0.381. The Morgan fingerprint density at radius 2 is 1.78 bits per heavy atom. The third-order valence-corrected chi connectivity index (χ3v) is 5.26. The van der Waals surface area contributed by atoms with Crippen molar-refractivity contribution in [2.24, 2.45) is 4.99 Å². The molecular formula is C21H26BNO4. The van der Waals surface area contributed by atoms with E-state index >= 15 is 0 Å². The lowest BCUT2D eigenvalue weighted by atomic mass is 9.76. The number of ether oxygens (including phenoxy) is 1. The minimum atomic E-state index is -0.401. The van der Waals surface area contributed by atoms with Gasteiger partial charge in [0.25, 0.3) is 0 Å². The van der Waals surface area contributed by atoms with Gasteiger partial charge in [-0.1, -0.05) is 12.6 Å². The van der Waals surface area contributed by atoms with E-state index in [4.69, 9.17) is 18.5 Å². The normalized spacial score (nSPS) is 18.6. The van der Waals surface area contributed by atoms with Crippen LogP contribution < -0.4 is 10.2 Å². The predicted octanol–water partition coefficient (Wildman–Crippen LogP) is 4.16. The van der Waals surface area contributed by atoms with Gasteiger partial charge in [0, 0.05) is 6.20 Å². The van der Waals surface area contributed by atoms with Gasteiger partial charge >= 0.3 is 7.12 Å². The molecule has 1 fully saturated rings. The van der Waals surface area contributed by atoms with Crippen molar-refractivity contribution in [3.63, 3.8) is 0 Å². The van der Waals surface area contributed by atoms with E-state index in [1.165, 1.54) is 6.20 Å². The van der Waals surface area contributed by atoms with E-state index in [1.807, 2.05) is 65.8 Å². The first kappa shape index (κ1) is 19.5. The van der Waals surface area contributed by atoms with Crippen LogP contribution in [0.15, 0.2) is 52.7 Å². The van der Waals surface area contributed by atoms with Gasteiger partial charge in [-0.15, -0.1) is 0 Å². The molecule has 1 aromatic carbocycles. The summed E-state index contributed by atoms with van der Waals surface area (Å²) in [4.78, 5) is 4.24. The van der Waals surface area contributed by atoms with Gasteiger partial charge in [0.15, 0.2) is 0 Å². The van der Waals surface area contributed by atoms with Crippen LogP contribution in [0.25, 0.3) is 0 Å². The highest BCUT2D eigenvalue weighted by atomic mass is 16.7. The summed E-state index contributed by atoms with van der Waals surface area (Å²) in [6.07, 6.45) is 3.06. The summed E-state index contributed by atoms with van der Waals surface area (Å²) < 4.78 is 23.7. The summed E-state index contributed by atoms with van der Waals surface area (Å²) in [5.41, 5.74) is 2.06. The van der Waals surface area contributed by atoms with Crippen molar-refractivity contribution >= 4 is 18.5 Å². The van der Waals surface area contributed by atoms with E-state index in [0.717, 1.165) is 22.3 Å². The summed E-state index contributed by atoms with van der Waals surface area (Å²) in [5, 5.41) is 0. The number of hydrogen-bond acceptors (Lipinski definition) is 5. The lowest BCUT2D eigenvalue weighted by Gasteiger charge is -2.32. The molecular weight excluding hydrogens is 341 g/mol. The van der Waals surface area contributed by atoms with Gasteiger partial charge < -0.3 is 18.5 Å². The molecule has 0 N–H and O–H groups in total. The maximum Gasteiger partial charge on any atom is 0.495 e. The van der Waals surface area contributed by atoms with Crippen molar-refractivity contribution in [1.29, 1.82) is 0 Å². The van der Waals surface area contributed by atoms with Crippen molar-refractivity contribution in [1.82, 2.24) is 0 Å². The van der Waals surface area contributed by atoms with E-state index in [9.17, 15) is 0 Å². The number of aliphatic imine (C=N–C) groups is 1. The number of aryl methyl sites for hydroxylation is 2. The third kappa shape index (κ3) is 3.73. The van der Waals surface area contributed by atoms with Gasteiger partial charge in [-0.2, -0.15) is 0 Å². The molecule has 1 aromatic heterocycles. The molecule has 0 aliphatic carbocycles. The molecule has 0 spiro atoms. The Balaban J connectivity index is 1.84. The molecule has 27 heavy (non-hydrogen) atoms. The number of nitrogens with zero attached hydrogens (tertiary/aromatic N) is 1. The summed E-state index contributed by atoms with van der Waals surface area (Å²) in [5.74, 6) is 1.86. The second kappa shape index (κ2) is 7.02. The number of rotatable bonds is 4. The van der Waals surface area contributed by atoms with Gasteiger partial charge in [-0.3, -0.25) is 0 Å². The Kier molecular flexibility index (Phi) is 5.06. The molecule has 6 heteroatoms. The summed E-state index contributed by atoms with van der Waals surface area (Å²) >= 11 is 0. The van der Waals surface area contributed by atoms with Crippen LogP contribution in [0.2, 0.25) is 0 Å². The summed E-state index contributed by atoms with van der Waals surface area (Å²) in [7, 11) is -0.401. The Bertz CT molecular complexity index is 866. The first-order valence-corrected chi connectivity index (χ1v) is 9.02. The molecule has 5 nitrogen and oxygen atoms in total. The van der Waals surface area contributed by atoms with E-state index < -0.39 is 7.12 Å². The van der Waals surface area contributed by atoms with E-state index in [0.29, 0.717) is 11.6 Å². The maximum absolute atomic E-state index is 6.15. The zero-order chi connectivity index (χ0) is 19.8. The highest BCUT2D eigenvalue weighted by molar-refractivity contribution is 6.62. The largest absolute Gasteiger partial charge is 0.495 e. The van der Waals surface area contributed by atoms with Crippen molar-refractivity contribution in [2.45, 2.75) is 52.7 Å². The second-order valence-corrected chi connectivity index (χ2v) is 7.72. The third-order valence-electron chi connectivity index (χ3n) is 5.26. The van der Waals surface area contributed by atoms with Crippen LogP contribution >= 0.6 is 0 Å². The van der Waals surface area contributed by atoms with Crippen molar-refractivity contribution in [3.8, 4) is 5.75 Å². The van der Waals surface area contributed by atoms with Gasteiger partial charge in [-0.05, 0) is 70.8 Å². The zero-order valence-corrected chi connectivity index (χ0v) is 16.8. The van der Waals surface area contributed by atoms with Crippen LogP contribution in [0.1, 0.15) is 44.6 Å². The molecule has 0 bridgehead atoms. The average Bonchev–Trinajstić information content (AvgIpc) is 3.07.